The highest BCUT2D eigenvalue weighted by Gasteiger charge is 2.21. The second kappa shape index (κ2) is 6.97. The van der Waals surface area contributed by atoms with Gasteiger partial charge in [0.05, 0.1) is 6.54 Å². The molecule has 0 radical (unpaired) electrons. The predicted octanol–water partition coefficient (Wildman–Crippen LogP) is 2.56. The van der Waals surface area contributed by atoms with Crippen molar-refractivity contribution in [2.24, 2.45) is 0 Å². The lowest BCUT2D eigenvalue weighted by atomic mass is 10.2. The van der Waals surface area contributed by atoms with Crippen LogP contribution in [0.1, 0.15) is 25.8 Å². The molecule has 1 heterocycles. The first-order valence-electron chi connectivity index (χ1n) is 7.16. The molecule has 2 N–H and O–H groups in total. The molecule has 1 aromatic rings. The number of cyclic esters (lactones) is 1. The van der Waals surface area contributed by atoms with Crippen molar-refractivity contribution < 1.29 is 14.3 Å². The van der Waals surface area contributed by atoms with Crippen LogP contribution in [0.25, 0.3) is 0 Å². The van der Waals surface area contributed by atoms with Crippen LogP contribution in [0, 0.1) is 0 Å². The fraction of sp³-hybridized carbons (Fsp3) is 0.467. The van der Waals surface area contributed by atoms with Crippen LogP contribution in [0.5, 0.6) is 0 Å². The highest BCUT2D eigenvalue weighted by Crippen LogP contribution is 2.14. The number of urea groups is 1. The fourth-order valence-electron chi connectivity index (χ4n) is 1.98. The number of hydrogen-bond acceptors (Lipinski definition) is 3. The van der Waals surface area contributed by atoms with E-state index in [2.05, 4.69) is 10.6 Å². The smallest absolute Gasteiger partial charge is 0.410 e. The Morgan fingerprint density at radius 2 is 2.10 bits per heavy atom. The van der Waals surface area contributed by atoms with Crippen molar-refractivity contribution in [1.29, 1.82) is 0 Å². The number of nitrogens with zero attached hydrogens (tertiary/aromatic N) is 1. The van der Waals surface area contributed by atoms with Gasteiger partial charge in [0.15, 0.2) is 0 Å². The maximum Gasteiger partial charge on any atom is 0.410 e. The molecule has 1 unspecified atom stereocenters. The van der Waals surface area contributed by atoms with Crippen LogP contribution >= 0.6 is 0 Å². The van der Waals surface area contributed by atoms with Crippen LogP contribution < -0.4 is 10.6 Å². The number of ether oxygens (including phenoxy) is 1. The second-order valence-corrected chi connectivity index (χ2v) is 5.14. The zero-order valence-corrected chi connectivity index (χ0v) is 12.4. The topological polar surface area (TPSA) is 70.7 Å². The minimum Gasteiger partial charge on any atom is -0.448 e. The number of nitrogens with one attached hydrogen (secondary N) is 2. The number of rotatable bonds is 5. The first kappa shape index (κ1) is 15.2. The van der Waals surface area contributed by atoms with Gasteiger partial charge in [0, 0.05) is 18.3 Å². The Bertz CT molecular complexity index is 501. The van der Waals surface area contributed by atoms with Gasteiger partial charge in [-0.05, 0) is 31.0 Å². The minimum atomic E-state index is -0.273. The molecule has 0 bridgehead atoms. The van der Waals surface area contributed by atoms with Gasteiger partial charge in [-0.3, -0.25) is 0 Å². The van der Waals surface area contributed by atoms with Gasteiger partial charge in [0.1, 0.15) is 6.61 Å². The van der Waals surface area contributed by atoms with Gasteiger partial charge in [0.2, 0.25) is 0 Å². The summed E-state index contributed by atoms with van der Waals surface area (Å²) in [5.41, 5.74) is 1.73. The van der Waals surface area contributed by atoms with E-state index >= 15 is 0 Å². The van der Waals surface area contributed by atoms with E-state index in [1.165, 1.54) is 0 Å². The van der Waals surface area contributed by atoms with Crippen LogP contribution in [-0.2, 0) is 11.3 Å². The van der Waals surface area contributed by atoms with Crippen LogP contribution in [-0.4, -0.2) is 36.2 Å². The largest absolute Gasteiger partial charge is 0.448 e. The zero-order chi connectivity index (χ0) is 15.2. The summed E-state index contributed by atoms with van der Waals surface area (Å²) in [6, 6.07) is 7.38. The number of benzene rings is 1. The number of carbonyl (C=O) groups is 2. The summed E-state index contributed by atoms with van der Waals surface area (Å²) >= 11 is 0. The molecule has 1 aliphatic rings. The van der Waals surface area contributed by atoms with E-state index in [0.717, 1.165) is 17.7 Å². The average Bonchev–Trinajstić information content (AvgIpc) is 2.86. The molecule has 0 spiro atoms. The maximum absolute atomic E-state index is 11.7. The average molecular weight is 291 g/mol. The Labute approximate surface area is 124 Å². The van der Waals surface area contributed by atoms with Gasteiger partial charge < -0.3 is 20.3 Å². The molecule has 0 aromatic heterocycles. The molecule has 1 aromatic carbocycles. The molecular formula is C15H21N3O3. The Morgan fingerprint density at radius 3 is 2.67 bits per heavy atom. The molecule has 1 aliphatic heterocycles. The van der Waals surface area contributed by atoms with Gasteiger partial charge in [-0.25, -0.2) is 9.59 Å². The summed E-state index contributed by atoms with van der Waals surface area (Å²) in [4.78, 5) is 24.7. The molecule has 1 saturated heterocycles. The molecule has 114 valence electrons. The quantitative estimate of drug-likeness (QED) is 0.876. The van der Waals surface area contributed by atoms with Crippen molar-refractivity contribution >= 4 is 17.8 Å². The number of hydrogen-bond donors (Lipinski definition) is 2. The SMILES string of the molecule is CCC(C)NC(=O)Nc1ccc(CN2CCOC2=O)cc1. The third kappa shape index (κ3) is 4.37. The van der Waals surface area contributed by atoms with Crippen molar-refractivity contribution in [3.05, 3.63) is 29.8 Å². The lowest BCUT2D eigenvalue weighted by molar-refractivity contribution is 0.157. The standard InChI is InChI=1S/C15H21N3O3/c1-3-11(2)16-14(19)17-13-6-4-12(5-7-13)10-18-8-9-21-15(18)20/h4-7,11H,3,8-10H2,1-2H3,(H2,16,17,19). The summed E-state index contributed by atoms with van der Waals surface area (Å²) in [6.45, 7) is 5.57. The van der Waals surface area contributed by atoms with Crippen molar-refractivity contribution in [1.82, 2.24) is 10.2 Å². The van der Waals surface area contributed by atoms with E-state index in [1.54, 1.807) is 4.90 Å². The molecule has 0 saturated carbocycles. The molecule has 1 fully saturated rings. The Hall–Kier alpha value is -2.24. The normalized spacial score (nSPS) is 15.5. The summed E-state index contributed by atoms with van der Waals surface area (Å²) in [7, 11) is 0. The predicted molar refractivity (Wildman–Crippen MR) is 80.1 cm³/mol. The van der Waals surface area contributed by atoms with Crippen molar-refractivity contribution in [3.63, 3.8) is 0 Å². The monoisotopic (exact) mass is 291 g/mol. The fourth-order valence-corrected chi connectivity index (χ4v) is 1.98. The van der Waals surface area contributed by atoms with E-state index < -0.39 is 0 Å². The maximum atomic E-state index is 11.7. The van der Waals surface area contributed by atoms with Crippen LogP contribution in [0.2, 0.25) is 0 Å². The van der Waals surface area contributed by atoms with Crippen molar-refractivity contribution in [2.45, 2.75) is 32.9 Å². The Balaban J connectivity index is 1.87. The van der Waals surface area contributed by atoms with Gasteiger partial charge in [-0.1, -0.05) is 19.1 Å². The van der Waals surface area contributed by atoms with Crippen LogP contribution in [0.3, 0.4) is 0 Å². The molecule has 6 heteroatoms. The van der Waals surface area contributed by atoms with E-state index in [9.17, 15) is 9.59 Å². The molecule has 21 heavy (non-hydrogen) atoms. The Morgan fingerprint density at radius 1 is 1.38 bits per heavy atom. The first-order valence-corrected chi connectivity index (χ1v) is 7.16. The third-order valence-electron chi connectivity index (χ3n) is 3.42. The van der Waals surface area contributed by atoms with Gasteiger partial charge in [-0.2, -0.15) is 0 Å². The molecule has 6 nitrogen and oxygen atoms in total. The summed E-state index contributed by atoms with van der Waals surface area (Å²) in [6.07, 6.45) is 0.614. The summed E-state index contributed by atoms with van der Waals surface area (Å²) < 4.78 is 4.88. The lowest BCUT2D eigenvalue weighted by Crippen LogP contribution is -2.35. The van der Waals surface area contributed by atoms with Crippen LogP contribution in [0.15, 0.2) is 24.3 Å². The molecular weight excluding hydrogens is 270 g/mol. The number of amides is 3. The van der Waals surface area contributed by atoms with Gasteiger partial charge >= 0.3 is 12.1 Å². The van der Waals surface area contributed by atoms with Crippen LogP contribution in [0.4, 0.5) is 15.3 Å². The van der Waals surface area contributed by atoms with E-state index in [1.807, 2.05) is 38.1 Å². The highest BCUT2D eigenvalue weighted by molar-refractivity contribution is 5.89. The summed E-state index contributed by atoms with van der Waals surface area (Å²) in [5, 5.41) is 5.62. The first-order chi connectivity index (χ1) is 10.1. The van der Waals surface area contributed by atoms with Gasteiger partial charge in [0.25, 0.3) is 0 Å². The molecule has 0 aliphatic carbocycles. The van der Waals surface area contributed by atoms with E-state index in [-0.39, 0.29) is 18.2 Å². The second-order valence-electron chi connectivity index (χ2n) is 5.14. The lowest BCUT2D eigenvalue weighted by Gasteiger charge is -2.14. The molecule has 3 amide bonds. The minimum absolute atomic E-state index is 0.144. The molecule has 2 rings (SSSR count). The third-order valence-corrected chi connectivity index (χ3v) is 3.42. The van der Waals surface area contributed by atoms with E-state index in [4.69, 9.17) is 4.74 Å². The zero-order valence-electron chi connectivity index (χ0n) is 12.4. The van der Waals surface area contributed by atoms with Gasteiger partial charge in [-0.15, -0.1) is 0 Å². The Kier molecular flexibility index (Phi) is 5.03. The van der Waals surface area contributed by atoms with Crippen molar-refractivity contribution in [2.75, 3.05) is 18.5 Å². The molecule has 1 atom stereocenters. The summed E-state index contributed by atoms with van der Waals surface area (Å²) in [5.74, 6) is 0. The number of anilines is 1. The van der Waals surface area contributed by atoms with Crippen molar-refractivity contribution in [3.8, 4) is 0 Å². The van der Waals surface area contributed by atoms with E-state index in [0.29, 0.717) is 19.7 Å². The highest BCUT2D eigenvalue weighted by atomic mass is 16.6. The number of carbonyl (C=O) groups excluding carboxylic acids is 2.